The zero-order chi connectivity index (χ0) is 15.6. The van der Waals surface area contributed by atoms with Crippen LogP contribution in [0.15, 0.2) is 40.9 Å². The molecule has 0 radical (unpaired) electrons. The molecule has 2 rings (SSSR count). The van der Waals surface area contributed by atoms with Crippen molar-refractivity contribution in [1.29, 1.82) is 0 Å². The summed E-state index contributed by atoms with van der Waals surface area (Å²) in [5.41, 5.74) is -0.724. The zero-order valence-corrected chi connectivity index (χ0v) is 11.8. The van der Waals surface area contributed by atoms with Crippen LogP contribution < -0.4 is 4.74 Å². The van der Waals surface area contributed by atoms with Crippen LogP contribution in [0.3, 0.4) is 0 Å². The third-order valence-corrected chi connectivity index (χ3v) is 3.14. The van der Waals surface area contributed by atoms with Crippen LogP contribution in [0, 0.1) is 15.9 Å². The zero-order valence-electron chi connectivity index (χ0n) is 10.2. The molecule has 0 aliphatic carbocycles. The van der Waals surface area contributed by atoms with E-state index in [0.29, 0.717) is 0 Å². The number of nitro groups is 1. The molecule has 2 aromatic carbocycles. The van der Waals surface area contributed by atoms with Crippen LogP contribution in [0.5, 0.6) is 11.5 Å². The van der Waals surface area contributed by atoms with Crippen LogP contribution in [-0.2, 0) is 0 Å². The number of carbonyl (C=O) groups is 1. The first-order chi connectivity index (χ1) is 9.88. The molecule has 0 fully saturated rings. The predicted octanol–water partition coefficient (Wildman–Crippen LogP) is 3.99. The monoisotopic (exact) mass is 355 g/mol. The van der Waals surface area contributed by atoms with Crippen LogP contribution in [-0.4, -0.2) is 16.0 Å². The molecule has 0 atom stereocenters. The second-order valence-electron chi connectivity index (χ2n) is 3.92. The standard InChI is InChI=1S/C13H7BrFNO5/c14-10-5-7(15)1-3-12(10)21-11-4-2-8(16(19)20)6-9(11)13(17)18/h1-6H,(H,17,18). The van der Waals surface area contributed by atoms with Crippen molar-refractivity contribution in [3.05, 3.63) is 62.4 Å². The molecule has 0 saturated carbocycles. The molecule has 0 spiro atoms. The third-order valence-electron chi connectivity index (χ3n) is 2.52. The maximum atomic E-state index is 13.0. The molecule has 2 aromatic rings. The molecule has 21 heavy (non-hydrogen) atoms. The normalized spacial score (nSPS) is 10.2. The van der Waals surface area contributed by atoms with Gasteiger partial charge < -0.3 is 9.84 Å². The molecule has 1 N–H and O–H groups in total. The van der Waals surface area contributed by atoms with Crippen molar-refractivity contribution in [3.8, 4) is 11.5 Å². The van der Waals surface area contributed by atoms with Gasteiger partial charge in [0.15, 0.2) is 0 Å². The Morgan fingerprint density at radius 3 is 2.48 bits per heavy atom. The minimum Gasteiger partial charge on any atom is -0.478 e. The minimum atomic E-state index is -1.37. The number of rotatable bonds is 4. The molecule has 0 aromatic heterocycles. The highest BCUT2D eigenvalue weighted by Crippen LogP contribution is 2.33. The summed E-state index contributed by atoms with van der Waals surface area (Å²) in [6.45, 7) is 0. The van der Waals surface area contributed by atoms with Crippen LogP contribution in [0.4, 0.5) is 10.1 Å². The van der Waals surface area contributed by atoms with Gasteiger partial charge in [0.1, 0.15) is 22.9 Å². The number of aromatic carboxylic acids is 1. The van der Waals surface area contributed by atoms with Crippen LogP contribution in [0.25, 0.3) is 0 Å². The first-order valence-electron chi connectivity index (χ1n) is 5.53. The fraction of sp³-hybridized carbons (Fsp3) is 0. The van der Waals surface area contributed by atoms with Gasteiger partial charge >= 0.3 is 5.97 Å². The Bertz CT molecular complexity index is 734. The van der Waals surface area contributed by atoms with E-state index in [9.17, 15) is 19.3 Å². The summed E-state index contributed by atoms with van der Waals surface area (Å²) in [5, 5.41) is 19.7. The van der Waals surface area contributed by atoms with E-state index in [-0.39, 0.29) is 27.2 Å². The summed E-state index contributed by atoms with van der Waals surface area (Å²) in [6, 6.07) is 6.81. The van der Waals surface area contributed by atoms with Gasteiger partial charge in [0, 0.05) is 12.1 Å². The van der Waals surface area contributed by atoms with Crippen LogP contribution in [0.1, 0.15) is 10.4 Å². The van der Waals surface area contributed by atoms with Gasteiger partial charge in [-0.05, 0) is 40.2 Å². The molecular formula is C13H7BrFNO5. The lowest BCUT2D eigenvalue weighted by Gasteiger charge is -2.10. The van der Waals surface area contributed by atoms with Gasteiger partial charge in [-0.15, -0.1) is 0 Å². The number of benzene rings is 2. The predicted molar refractivity (Wildman–Crippen MR) is 74.2 cm³/mol. The molecule has 0 aliphatic heterocycles. The lowest BCUT2D eigenvalue weighted by Crippen LogP contribution is -2.02. The first-order valence-corrected chi connectivity index (χ1v) is 6.32. The number of nitrogens with zero attached hydrogens (tertiary/aromatic N) is 1. The number of nitro benzene ring substituents is 1. The van der Waals surface area contributed by atoms with E-state index in [1.54, 1.807) is 0 Å². The Balaban J connectivity index is 2.44. The highest BCUT2D eigenvalue weighted by Gasteiger charge is 2.18. The molecule has 0 amide bonds. The van der Waals surface area contributed by atoms with Gasteiger partial charge in [0.2, 0.25) is 0 Å². The quantitative estimate of drug-likeness (QED) is 0.661. The highest BCUT2D eigenvalue weighted by atomic mass is 79.9. The number of halogens is 2. The van der Waals surface area contributed by atoms with Gasteiger partial charge in [-0.3, -0.25) is 10.1 Å². The van der Waals surface area contributed by atoms with Gasteiger partial charge in [-0.2, -0.15) is 0 Å². The van der Waals surface area contributed by atoms with E-state index < -0.39 is 16.7 Å². The molecule has 0 aliphatic rings. The van der Waals surface area contributed by atoms with E-state index in [0.717, 1.165) is 24.3 Å². The van der Waals surface area contributed by atoms with Gasteiger partial charge in [-0.25, -0.2) is 9.18 Å². The molecule has 8 heteroatoms. The SMILES string of the molecule is O=C(O)c1cc([N+](=O)[O-])ccc1Oc1ccc(F)cc1Br. The maximum Gasteiger partial charge on any atom is 0.339 e. The van der Waals surface area contributed by atoms with Crippen molar-refractivity contribution in [2.75, 3.05) is 0 Å². The Kier molecular flexibility index (Phi) is 4.18. The molecule has 6 nitrogen and oxygen atoms in total. The van der Waals surface area contributed by atoms with Gasteiger partial charge in [0.05, 0.1) is 9.40 Å². The van der Waals surface area contributed by atoms with E-state index in [2.05, 4.69) is 15.9 Å². The lowest BCUT2D eigenvalue weighted by atomic mass is 10.2. The van der Waals surface area contributed by atoms with Crippen LogP contribution in [0.2, 0.25) is 0 Å². The smallest absolute Gasteiger partial charge is 0.339 e. The van der Waals surface area contributed by atoms with Crippen molar-refractivity contribution in [2.45, 2.75) is 0 Å². The summed E-state index contributed by atoms with van der Waals surface area (Å²) >= 11 is 3.08. The summed E-state index contributed by atoms with van der Waals surface area (Å²) in [5.74, 6) is -1.75. The summed E-state index contributed by atoms with van der Waals surface area (Å²) in [6.07, 6.45) is 0. The fourth-order valence-corrected chi connectivity index (χ4v) is 2.00. The number of hydrogen-bond acceptors (Lipinski definition) is 4. The Morgan fingerprint density at radius 2 is 1.90 bits per heavy atom. The number of hydrogen-bond donors (Lipinski definition) is 1. The Hall–Kier alpha value is -2.48. The summed E-state index contributed by atoms with van der Waals surface area (Å²) < 4.78 is 18.6. The number of carboxylic acids is 1. The average Bonchev–Trinajstić information content (AvgIpc) is 2.41. The molecule has 0 bridgehead atoms. The van der Waals surface area contributed by atoms with Crippen molar-refractivity contribution in [1.82, 2.24) is 0 Å². The second-order valence-corrected chi connectivity index (χ2v) is 4.77. The van der Waals surface area contributed by atoms with Crippen LogP contribution >= 0.6 is 15.9 Å². The fourth-order valence-electron chi connectivity index (χ4n) is 1.56. The largest absolute Gasteiger partial charge is 0.478 e. The Labute approximate surface area is 126 Å². The lowest BCUT2D eigenvalue weighted by molar-refractivity contribution is -0.384. The van der Waals surface area contributed by atoms with Crippen molar-refractivity contribution >= 4 is 27.6 Å². The molecular weight excluding hydrogens is 349 g/mol. The maximum absolute atomic E-state index is 13.0. The molecule has 0 unspecified atom stereocenters. The van der Waals surface area contributed by atoms with Crippen molar-refractivity contribution in [2.24, 2.45) is 0 Å². The van der Waals surface area contributed by atoms with E-state index >= 15 is 0 Å². The average molecular weight is 356 g/mol. The summed E-state index contributed by atoms with van der Waals surface area (Å²) in [7, 11) is 0. The Morgan fingerprint density at radius 1 is 1.24 bits per heavy atom. The molecule has 0 saturated heterocycles. The van der Waals surface area contributed by atoms with Gasteiger partial charge in [-0.1, -0.05) is 0 Å². The van der Waals surface area contributed by atoms with Gasteiger partial charge in [0.25, 0.3) is 5.69 Å². The topological polar surface area (TPSA) is 89.7 Å². The third kappa shape index (κ3) is 3.34. The number of carboxylic acid groups (broad SMARTS) is 1. The van der Waals surface area contributed by atoms with E-state index in [4.69, 9.17) is 9.84 Å². The summed E-state index contributed by atoms with van der Waals surface area (Å²) in [4.78, 5) is 21.1. The van der Waals surface area contributed by atoms with Crippen molar-refractivity contribution in [3.63, 3.8) is 0 Å². The first kappa shape index (κ1) is 14.9. The second kappa shape index (κ2) is 5.88. The number of ether oxygens (including phenoxy) is 1. The minimum absolute atomic E-state index is 0.0830. The number of non-ortho nitro benzene ring substituents is 1. The van der Waals surface area contributed by atoms with E-state index in [1.165, 1.54) is 12.1 Å². The highest BCUT2D eigenvalue weighted by molar-refractivity contribution is 9.10. The molecule has 108 valence electrons. The van der Waals surface area contributed by atoms with E-state index in [1.807, 2.05) is 0 Å². The van der Waals surface area contributed by atoms with Crippen molar-refractivity contribution < 1.29 is 24.0 Å². The molecule has 0 heterocycles.